The van der Waals surface area contributed by atoms with E-state index in [1.807, 2.05) is 49.4 Å². The number of fused-ring (bicyclic) bond motifs is 2. The molecule has 0 aliphatic carbocycles. The zero-order chi connectivity index (χ0) is 16.2. The van der Waals surface area contributed by atoms with E-state index in [-0.39, 0.29) is 5.78 Å². The van der Waals surface area contributed by atoms with E-state index in [1.165, 1.54) is 0 Å². The molecule has 0 spiro atoms. The van der Waals surface area contributed by atoms with Crippen LogP contribution in [0.15, 0.2) is 54.1 Å². The summed E-state index contributed by atoms with van der Waals surface area (Å²) in [6.07, 6.45) is 4.47. The molecule has 0 aromatic heterocycles. The third-order valence-corrected chi connectivity index (χ3v) is 4.03. The van der Waals surface area contributed by atoms with Gasteiger partial charge in [0.15, 0.2) is 5.78 Å². The zero-order valence-corrected chi connectivity index (χ0v) is 13.5. The predicted molar refractivity (Wildman–Crippen MR) is 90.5 cm³/mol. The first-order valence-corrected chi connectivity index (χ1v) is 7.82. The summed E-state index contributed by atoms with van der Waals surface area (Å²) >= 11 is 0. The van der Waals surface area contributed by atoms with Crippen molar-refractivity contribution in [3.63, 3.8) is 0 Å². The van der Waals surface area contributed by atoms with E-state index < -0.39 is 0 Å². The molecule has 1 aliphatic rings. The Bertz CT molecular complexity index is 759. The van der Waals surface area contributed by atoms with Crippen LogP contribution in [0.2, 0.25) is 0 Å². The van der Waals surface area contributed by atoms with Crippen molar-refractivity contribution in [1.82, 2.24) is 0 Å². The number of hydrogen-bond donors (Lipinski definition) is 0. The molecule has 0 saturated carbocycles. The van der Waals surface area contributed by atoms with Crippen molar-refractivity contribution in [2.24, 2.45) is 0 Å². The van der Waals surface area contributed by atoms with E-state index in [9.17, 15) is 4.79 Å². The molecule has 1 heterocycles. The highest BCUT2D eigenvalue weighted by Gasteiger charge is 2.15. The molecule has 23 heavy (non-hydrogen) atoms. The number of benzene rings is 2. The number of ether oxygens (including phenoxy) is 2. The number of hydrogen-bond acceptors (Lipinski definition) is 3. The van der Waals surface area contributed by atoms with Gasteiger partial charge in [-0.1, -0.05) is 17.7 Å². The van der Waals surface area contributed by atoms with Crippen molar-refractivity contribution in [2.45, 2.75) is 26.2 Å². The van der Waals surface area contributed by atoms with E-state index >= 15 is 0 Å². The molecule has 0 radical (unpaired) electrons. The summed E-state index contributed by atoms with van der Waals surface area (Å²) in [5.41, 5.74) is 2.79. The number of allylic oxidation sites excluding steroid dienone is 2. The molecule has 3 rings (SSSR count). The van der Waals surface area contributed by atoms with Gasteiger partial charge in [-0.05, 0) is 68.2 Å². The Balaban J connectivity index is 2.09. The fraction of sp³-hybridized carbons (Fsp3) is 0.250. The number of ketones is 1. The minimum absolute atomic E-state index is 0.00457. The van der Waals surface area contributed by atoms with Gasteiger partial charge in [0.25, 0.3) is 0 Å². The molecular formula is C20H20O3. The lowest BCUT2D eigenvalue weighted by Crippen LogP contribution is -2.00. The first-order valence-electron chi connectivity index (χ1n) is 7.82. The van der Waals surface area contributed by atoms with Crippen LogP contribution >= 0.6 is 0 Å². The summed E-state index contributed by atoms with van der Waals surface area (Å²) in [5.74, 6) is 2.19. The van der Waals surface area contributed by atoms with Gasteiger partial charge < -0.3 is 9.47 Å². The molecule has 0 N–H and O–H groups in total. The normalized spacial score (nSPS) is 17.0. The van der Waals surface area contributed by atoms with Crippen molar-refractivity contribution >= 4 is 5.78 Å². The van der Waals surface area contributed by atoms with Crippen molar-refractivity contribution < 1.29 is 14.3 Å². The molecule has 118 valence electrons. The number of para-hydroxylation sites is 1. The van der Waals surface area contributed by atoms with Gasteiger partial charge in [0.1, 0.15) is 17.2 Å². The summed E-state index contributed by atoms with van der Waals surface area (Å²) < 4.78 is 11.4. The average Bonchev–Trinajstić information content (AvgIpc) is 2.58. The molecule has 0 saturated heterocycles. The third-order valence-electron chi connectivity index (χ3n) is 4.03. The van der Waals surface area contributed by atoms with Crippen molar-refractivity contribution in [2.75, 3.05) is 7.11 Å². The Labute approximate surface area is 136 Å². The van der Waals surface area contributed by atoms with Gasteiger partial charge in [0, 0.05) is 0 Å². The van der Waals surface area contributed by atoms with Crippen molar-refractivity contribution in [3.8, 4) is 17.2 Å². The summed E-state index contributed by atoms with van der Waals surface area (Å²) in [7, 11) is 1.66. The molecule has 0 unspecified atom stereocenters. The predicted octanol–water partition coefficient (Wildman–Crippen LogP) is 4.95. The number of aryl methyl sites for hydroxylation is 1. The van der Waals surface area contributed by atoms with E-state index in [0.717, 1.165) is 41.9 Å². The standard InChI is InChI=1S/C20H20O3/c1-14-6-5-7-15-13-16(22-2)10-11-19(15)23-20-9-4-3-8-17(20)18(21)12-14/h3-4,8-13H,5-7H2,1-2H3/b14-12+. The van der Waals surface area contributed by atoms with Crippen LogP contribution in [0, 0.1) is 0 Å². The summed E-state index contributed by atoms with van der Waals surface area (Å²) in [5, 5.41) is 0. The molecule has 2 aromatic rings. The molecule has 0 atom stereocenters. The Morgan fingerprint density at radius 1 is 1.04 bits per heavy atom. The second kappa shape index (κ2) is 6.69. The van der Waals surface area contributed by atoms with Gasteiger partial charge in [-0.3, -0.25) is 4.79 Å². The fourth-order valence-corrected chi connectivity index (χ4v) is 2.79. The van der Waals surface area contributed by atoms with Crippen LogP contribution in [0.1, 0.15) is 35.7 Å². The number of rotatable bonds is 1. The fourth-order valence-electron chi connectivity index (χ4n) is 2.79. The van der Waals surface area contributed by atoms with Crippen LogP contribution in [0.25, 0.3) is 0 Å². The molecule has 0 bridgehead atoms. The minimum Gasteiger partial charge on any atom is -0.497 e. The van der Waals surface area contributed by atoms with Gasteiger partial charge in [0.05, 0.1) is 12.7 Å². The Morgan fingerprint density at radius 2 is 1.87 bits per heavy atom. The topological polar surface area (TPSA) is 35.5 Å². The van der Waals surface area contributed by atoms with Gasteiger partial charge in [-0.25, -0.2) is 0 Å². The second-order valence-electron chi connectivity index (χ2n) is 5.78. The van der Waals surface area contributed by atoms with E-state index in [0.29, 0.717) is 11.3 Å². The maximum atomic E-state index is 12.5. The van der Waals surface area contributed by atoms with Crippen molar-refractivity contribution in [3.05, 3.63) is 65.2 Å². The molecule has 1 aliphatic heterocycles. The zero-order valence-electron chi connectivity index (χ0n) is 13.5. The SMILES string of the molecule is COc1ccc2c(c1)CCC/C(C)=C/C(=O)c1ccccc1O2. The van der Waals surface area contributed by atoms with E-state index in [4.69, 9.17) is 9.47 Å². The van der Waals surface area contributed by atoms with Crippen LogP contribution in [-0.4, -0.2) is 12.9 Å². The van der Waals surface area contributed by atoms with Gasteiger partial charge in [-0.15, -0.1) is 0 Å². The molecule has 3 nitrogen and oxygen atoms in total. The number of methoxy groups -OCH3 is 1. The smallest absolute Gasteiger partial charge is 0.189 e. The van der Waals surface area contributed by atoms with Crippen LogP contribution in [0.5, 0.6) is 17.2 Å². The lowest BCUT2D eigenvalue weighted by Gasteiger charge is -2.14. The highest BCUT2D eigenvalue weighted by atomic mass is 16.5. The lowest BCUT2D eigenvalue weighted by atomic mass is 10.0. The highest BCUT2D eigenvalue weighted by Crippen LogP contribution is 2.33. The maximum Gasteiger partial charge on any atom is 0.189 e. The van der Waals surface area contributed by atoms with Crippen LogP contribution in [0.4, 0.5) is 0 Å². The lowest BCUT2D eigenvalue weighted by molar-refractivity contribution is 0.104. The van der Waals surface area contributed by atoms with Gasteiger partial charge in [0.2, 0.25) is 0 Å². The first-order chi connectivity index (χ1) is 11.2. The summed E-state index contributed by atoms with van der Waals surface area (Å²) in [6, 6.07) is 13.2. The largest absolute Gasteiger partial charge is 0.497 e. The quantitative estimate of drug-likeness (QED) is 0.747. The Hall–Kier alpha value is -2.55. The van der Waals surface area contributed by atoms with Crippen LogP contribution in [0.3, 0.4) is 0 Å². The molecule has 0 fully saturated rings. The second-order valence-corrected chi connectivity index (χ2v) is 5.78. The minimum atomic E-state index is -0.00457. The number of carbonyl (C=O) groups excluding carboxylic acids is 1. The molecule has 2 aromatic carbocycles. The van der Waals surface area contributed by atoms with Crippen molar-refractivity contribution in [1.29, 1.82) is 0 Å². The van der Waals surface area contributed by atoms with E-state index in [2.05, 4.69) is 0 Å². The molecule has 3 heteroatoms. The average molecular weight is 308 g/mol. The molecular weight excluding hydrogens is 288 g/mol. The van der Waals surface area contributed by atoms with E-state index in [1.54, 1.807) is 13.2 Å². The Morgan fingerprint density at radius 3 is 2.70 bits per heavy atom. The van der Waals surface area contributed by atoms with Crippen LogP contribution < -0.4 is 9.47 Å². The summed E-state index contributed by atoms with van der Waals surface area (Å²) in [6.45, 7) is 2.01. The first kappa shape index (κ1) is 15.3. The van der Waals surface area contributed by atoms with Gasteiger partial charge in [-0.2, -0.15) is 0 Å². The summed E-state index contributed by atoms with van der Waals surface area (Å²) in [4.78, 5) is 12.5. The highest BCUT2D eigenvalue weighted by molar-refractivity contribution is 6.06. The van der Waals surface area contributed by atoms with Gasteiger partial charge >= 0.3 is 0 Å². The monoisotopic (exact) mass is 308 g/mol. The Kier molecular flexibility index (Phi) is 4.47. The number of carbonyl (C=O) groups is 1. The third kappa shape index (κ3) is 3.45. The molecule has 0 amide bonds. The maximum absolute atomic E-state index is 12.5. The van der Waals surface area contributed by atoms with Crippen LogP contribution in [-0.2, 0) is 6.42 Å².